The molecule has 6 nitrogen and oxygen atoms in total. The lowest BCUT2D eigenvalue weighted by atomic mass is 9.87. The molecule has 1 aliphatic rings. The quantitative estimate of drug-likeness (QED) is 0.717. The van der Waals surface area contributed by atoms with E-state index in [1.165, 1.54) is 5.56 Å². The average molecular weight is 373 g/mol. The van der Waals surface area contributed by atoms with Crippen LogP contribution in [0, 0.1) is 0 Å². The molecule has 0 saturated carbocycles. The van der Waals surface area contributed by atoms with Gasteiger partial charge in [-0.3, -0.25) is 9.78 Å². The second-order valence-corrected chi connectivity index (χ2v) is 7.59. The van der Waals surface area contributed by atoms with E-state index in [1.54, 1.807) is 30.7 Å². The molecule has 28 heavy (non-hydrogen) atoms. The number of aromatic nitrogens is 2. The van der Waals surface area contributed by atoms with Crippen molar-refractivity contribution >= 4 is 28.8 Å². The Hall–Kier alpha value is -3.41. The monoisotopic (exact) mass is 373 g/mol. The van der Waals surface area contributed by atoms with Crippen molar-refractivity contribution < 1.29 is 4.79 Å². The molecule has 2 aromatic heterocycles. The van der Waals surface area contributed by atoms with E-state index in [4.69, 9.17) is 0 Å². The maximum atomic E-state index is 13.0. The third-order valence-corrected chi connectivity index (χ3v) is 5.13. The second-order valence-electron chi connectivity index (χ2n) is 7.59. The number of carbonyl (C=O) groups excluding carboxylic acids is 1. The summed E-state index contributed by atoms with van der Waals surface area (Å²) < 4.78 is 0. The number of hydrogen-bond donors (Lipinski definition) is 2. The standard InChI is InChI=1S/C22H23N5O/c1-22(2)14-25-19-13-15(6-7-18(19)22)26-21(28)17-5-4-10-24-20(17)27(3)16-8-11-23-12-9-16/h4-13,25H,14H2,1-3H3,(H,26,28). The predicted octanol–water partition coefficient (Wildman–Crippen LogP) is 4.20. The third kappa shape index (κ3) is 3.29. The maximum Gasteiger partial charge on any atom is 0.259 e. The van der Waals surface area contributed by atoms with E-state index in [2.05, 4.69) is 40.5 Å². The molecular formula is C22H23N5O. The van der Waals surface area contributed by atoms with Crippen LogP contribution < -0.4 is 15.5 Å². The SMILES string of the molecule is CN(c1ccncc1)c1ncccc1C(=O)Nc1ccc2c(c1)NCC2(C)C. The zero-order valence-electron chi connectivity index (χ0n) is 16.2. The van der Waals surface area contributed by atoms with Crippen LogP contribution in [0.3, 0.4) is 0 Å². The van der Waals surface area contributed by atoms with Gasteiger partial charge in [0.1, 0.15) is 5.82 Å². The summed E-state index contributed by atoms with van der Waals surface area (Å²) in [5.74, 6) is 0.396. The number of benzene rings is 1. The van der Waals surface area contributed by atoms with Gasteiger partial charge in [0.05, 0.1) is 5.56 Å². The fourth-order valence-electron chi connectivity index (χ4n) is 3.50. The van der Waals surface area contributed by atoms with Crippen LogP contribution in [0.1, 0.15) is 29.8 Å². The van der Waals surface area contributed by atoms with Gasteiger partial charge in [0.25, 0.3) is 5.91 Å². The van der Waals surface area contributed by atoms with E-state index in [9.17, 15) is 4.79 Å². The first kappa shape index (κ1) is 18.0. The topological polar surface area (TPSA) is 70.2 Å². The Morgan fingerprint density at radius 3 is 2.71 bits per heavy atom. The molecule has 4 rings (SSSR count). The summed E-state index contributed by atoms with van der Waals surface area (Å²) in [6.07, 6.45) is 5.12. The van der Waals surface area contributed by atoms with Gasteiger partial charge in [-0.15, -0.1) is 0 Å². The fourth-order valence-corrected chi connectivity index (χ4v) is 3.50. The molecule has 3 heterocycles. The number of nitrogens with zero attached hydrogens (tertiary/aromatic N) is 3. The van der Waals surface area contributed by atoms with E-state index >= 15 is 0 Å². The van der Waals surface area contributed by atoms with Crippen molar-refractivity contribution in [2.45, 2.75) is 19.3 Å². The Morgan fingerprint density at radius 1 is 1.14 bits per heavy atom. The number of rotatable bonds is 4. The summed E-state index contributed by atoms with van der Waals surface area (Å²) in [5.41, 5.74) is 4.62. The molecule has 6 heteroatoms. The lowest BCUT2D eigenvalue weighted by Crippen LogP contribution is -2.20. The van der Waals surface area contributed by atoms with Crippen LogP contribution in [-0.4, -0.2) is 29.5 Å². The van der Waals surface area contributed by atoms with Crippen molar-refractivity contribution in [3.63, 3.8) is 0 Å². The summed E-state index contributed by atoms with van der Waals surface area (Å²) >= 11 is 0. The second kappa shape index (κ2) is 6.96. The van der Waals surface area contributed by atoms with Crippen LogP contribution in [0.15, 0.2) is 61.1 Å². The van der Waals surface area contributed by atoms with E-state index in [0.717, 1.165) is 23.6 Å². The zero-order valence-corrected chi connectivity index (χ0v) is 16.2. The fraction of sp³-hybridized carbons (Fsp3) is 0.227. The van der Waals surface area contributed by atoms with Crippen LogP contribution in [0.25, 0.3) is 0 Å². The Morgan fingerprint density at radius 2 is 1.93 bits per heavy atom. The predicted molar refractivity (Wildman–Crippen MR) is 112 cm³/mol. The average Bonchev–Trinajstić information content (AvgIpc) is 3.02. The normalized spacial score (nSPS) is 14.1. The van der Waals surface area contributed by atoms with Crippen molar-refractivity contribution in [2.24, 2.45) is 0 Å². The van der Waals surface area contributed by atoms with Gasteiger partial charge in [0.2, 0.25) is 0 Å². The molecule has 0 saturated heterocycles. The van der Waals surface area contributed by atoms with Gasteiger partial charge in [-0.25, -0.2) is 4.98 Å². The molecular weight excluding hydrogens is 350 g/mol. The molecule has 0 aliphatic carbocycles. The van der Waals surface area contributed by atoms with Crippen molar-refractivity contribution in [1.29, 1.82) is 0 Å². The Kier molecular flexibility index (Phi) is 4.47. The number of hydrogen-bond acceptors (Lipinski definition) is 5. The molecule has 3 aromatic rings. The highest BCUT2D eigenvalue weighted by atomic mass is 16.1. The van der Waals surface area contributed by atoms with E-state index in [1.807, 2.05) is 36.2 Å². The van der Waals surface area contributed by atoms with Gasteiger partial charge in [-0.05, 0) is 42.0 Å². The minimum absolute atomic E-state index is 0.0989. The highest BCUT2D eigenvalue weighted by molar-refractivity contribution is 6.08. The first-order valence-corrected chi connectivity index (χ1v) is 9.24. The molecule has 142 valence electrons. The number of nitrogens with one attached hydrogen (secondary N) is 2. The molecule has 0 atom stereocenters. The zero-order chi connectivity index (χ0) is 19.7. The Labute approximate surface area is 164 Å². The third-order valence-electron chi connectivity index (χ3n) is 5.13. The minimum atomic E-state index is -0.193. The first-order chi connectivity index (χ1) is 13.5. The Bertz CT molecular complexity index is 1020. The van der Waals surface area contributed by atoms with Crippen molar-refractivity contribution in [3.8, 4) is 0 Å². The summed E-state index contributed by atoms with van der Waals surface area (Å²) in [6, 6.07) is 13.3. The molecule has 1 amide bonds. The summed E-state index contributed by atoms with van der Waals surface area (Å²) in [6.45, 7) is 5.31. The molecule has 0 unspecified atom stereocenters. The van der Waals surface area contributed by atoms with Gasteiger partial charge in [0.15, 0.2) is 0 Å². The molecule has 0 spiro atoms. The van der Waals surface area contributed by atoms with E-state index in [0.29, 0.717) is 11.4 Å². The molecule has 1 aromatic carbocycles. The molecule has 2 N–H and O–H groups in total. The van der Waals surface area contributed by atoms with Crippen LogP contribution in [-0.2, 0) is 5.41 Å². The first-order valence-electron chi connectivity index (χ1n) is 9.24. The van der Waals surface area contributed by atoms with Crippen molar-refractivity contribution in [2.75, 3.05) is 29.1 Å². The number of amides is 1. The summed E-state index contributed by atoms with van der Waals surface area (Å²) in [4.78, 5) is 23.3. The van der Waals surface area contributed by atoms with Crippen molar-refractivity contribution in [3.05, 3.63) is 72.2 Å². The number of fused-ring (bicyclic) bond motifs is 1. The number of pyridine rings is 2. The van der Waals surface area contributed by atoms with E-state index < -0.39 is 0 Å². The maximum absolute atomic E-state index is 13.0. The summed E-state index contributed by atoms with van der Waals surface area (Å²) in [7, 11) is 1.88. The highest BCUT2D eigenvalue weighted by Crippen LogP contribution is 2.37. The van der Waals surface area contributed by atoms with Crippen LogP contribution in [0.5, 0.6) is 0 Å². The molecule has 0 radical (unpaired) electrons. The smallest absolute Gasteiger partial charge is 0.259 e. The largest absolute Gasteiger partial charge is 0.384 e. The molecule has 0 bridgehead atoms. The minimum Gasteiger partial charge on any atom is -0.384 e. The van der Waals surface area contributed by atoms with E-state index in [-0.39, 0.29) is 11.3 Å². The highest BCUT2D eigenvalue weighted by Gasteiger charge is 2.29. The van der Waals surface area contributed by atoms with Crippen LogP contribution in [0.2, 0.25) is 0 Å². The van der Waals surface area contributed by atoms with Crippen LogP contribution in [0.4, 0.5) is 22.9 Å². The van der Waals surface area contributed by atoms with Gasteiger partial charge in [-0.2, -0.15) is 0 Å². The number of carbonyl (C=O) groups is 1. The lowest BCUT2D eigenvalue weighted by molar-refractivity contribution is 0.102. The number of anilines is 4. The Balaban J connectivity index is 1.60. The van der Waals surface area contributed by atoms with Crippen LogP contribution >= 0.6 is 0 Å². The van der Waals surface area contributed by atoms with Gasteiger partial charge in [-0.1, -0.05) is 19.9 Å². The summed E-state index contributed by atoms with van der Waals surface area (Å²) in [5, 5.41) is 6.42. The van der Waals surface area contributed by atoms with Gasteiger partial charge in [0, 0.05) is 54.7 Å². The van der Waals surface area contributed by atoms with Crippen molar-refractivity contribution in [1.82, 2.24) is 9.97 Å². The van der Waals surface area contributed by atoms with Gasteiger partial charge >= 0.3 is 0 Å². The van der Waals surface area contributed by atoms with Gasteiger partial charge < -0.3 is 15.5 Å². The molecule has 1 aliphatic heterocycles. The lowest BCUT2D eigenvalue weighted by Gasteiger charge is -2.21. The molecule has 0 fully saturated rings.